The van der Waals surface area contributed by atoms with E-state index >= 15 is 0 Å². The molecule has 0 aliphatic heterocycles. The summed E-state index contributed by atoms with van der Waals surface area (Å²) in [4.78, 5) is 29.1. The molecule has 3 aromatic rings. The summed E-state index contributed by atoms with van der Waals surface area (Å²) in [7, 11) is -0.569. The van der Waals surface area contributed by atoms with Gasteiger partial charge < -0.3 is 10.6 Å². The number of rotatable bonds is 7. The Morgan fingerprint density at radius 2 is 1.62 bits per heavy atom. The van der Waals surface area contributed by atoms with E-state index in [9.17, 15) is 18.0 Å². The Morgan fingerprint density at radius 3 is 2.25 bits per heavy atom. The lowest BCUT2D eigenvalue weighted by atomic mass is 10.1. The quantitative estimate of drug-likeness (QED) is 0.573. The molecule has 2 aromatic carbocycles. The molecule has 32 heavy (non-hydrogen) atoms. The molecule has 2 amide bonds. The predicted molar refractivity (Wildman–Crippen MR) is 122 cm³/mol. The maximum atomic E-state index is 12.7. The lowest BCUT2D eigenvalue weighted by molar-refractivity contribution is 0.0938. The van der Waals surface area contributed by atoms with Gasteiger partial charge in [-0.2, -0.15) is 0 Å². The third-order valence-corrected chi connectivity index (χ3v) is 6.64. The van der Waals surface area contributed by atoms with Crippen molar-refractivity contribution in [2.24, 2.45) is 0 Å². The highest BCUT2D eigenvalue weighted by Gasteiger charge is 2.18. The summed E-state index contributed by atoms with van der Waals surface area (Å²) >= 11 is 0. The van der Waals surface area contributed by atoms with Crippen LogP contribution in [0.4, 0.5) is 5.69 Å². The van der Waals surface area contributed by atoms with Gasteiger partial charge in [-0.05, 0) is 55.0 Å². The van der Waals surface area contributed by atoms with Crippen LogP contribution in [0.3, 0.4) is 0 Å². The molecule has 1 heterocycles. The van der Waals surface area contributed by atoms with Crippen LogP contribution in [0, 0.1) is 0 Å². The van der Waals surface area contributed by atoms with Crippen molar-refractivity contribution in [1.29, 1.82) is 0 Å². The summed E-state index contributed by atoms with van der Waals surface area (Å²) in [5, 5.41) is 5.63. The Balaban J connectivity index is 1.68. The van der Waals surface area contributed by atoms with Gasteiger partial charge in [0.05, 0.1) is 16.5 Å². The molecule has 3 rings (SSSR count). The Hall–Kier alpha value is -3.56. The SMILES string of the molecule is CC(NC(=O)c1cccc(NC(=O)c2cccnc2)c1)c1ccc(S(=O)(=O)N(C)C)cc1. The van der Waals surface area contributed by atoms with Crippen molar-refractivity contribution in [3.8, 4) is 0 Å². The molecule has 0 radical (unpaired) electrons. The molecule has 2 N–H and O–H groups in total. The van der Waals surface area contributed by atoms with Crippen LogP contribution in [0.5, 0.6) is 0 Å². The number of nitrogens with zero attached hydrogens (tertiary/aromatic N) is 2. The monoisotopic (exact) mass is 452 g/mol. The molecule has 166 valence electrons. The number of hydrogen-bond donors (Lipinski definition) is 2. The second kappa shape index (κ2) is 9.71. The standard InChI is InChI=1S/C23H24N4O4S/c1-16(17-9-11-21(12-10-17)32(30,31)27(2)3)25-22(28)18-6-4-8-20(14-18)26-23(29)19-7-5-13-24-15-19/h4-16H,1-3H3,(H,25,28)(H,26,29). The minimum atomic E-state index is -3.51. The van der Waals surface area contributed by atoms with Crippen molar-refractivity contribution < 1.29 is 18.0 Å². The number of aromatic nitrogens is 1. The molecule has 1 aromatic heterocycles. The average molecular weight is 453 g/mol. The van der Waals surface area contributed by atoms with E-state index in [-0.39, 0.29) is 22.8 Å². The third-order valence-electron chi connectivity index (χ3n) is 4.81. The zero-order valence-electron chi connectivity index (χ0n) is 17.9. The van der Waals surface area contributed by atoms with Crippen molar-refractivity contribution >= 4 is 27.5 Å². The summed E-state index contributed by atoms with van der Waals surface area (Å²) in [6.45, 7) is 1.81. The number of anilines is 1. The van der Waals surface area contributed by atoms with Crippen LogP contribution in [-0.4, -0.2) is 43.6 Å². The Morgan fingerprint density at radius 1 is 0.938 bits per heavy atom. The summed E-state index contributed by atoms with van der Waals surface area (Å²) in [5.74, 6) is -0.642. The fourth-order valence-electron chi connectivity index (χ4n) is 2.94. The third kappa shape index (κ3) is 5.37. The first-order valence-corrected chi connectivity index (χ1v) is 11.3. The number of sulfonamides is 1. The van der Waals surface area contributed by atoms with Crippen molar-refractivity contribution in [3.63, 3.8) is 0 Å². The van der Waals surface area contributed by atoms with Crippen LogP contribution in [0.15, 0.2) is 78.0 Å². The molecular weight excluding hydrogens is 428 g/mol. The first kappa shape index (κ1) is 23.1. The normalized spacial score (nSPS) is 12.2. The second-order valence-electron chi connectivity index (χ2n) is 7.33. The van der Waals surface area contributed by atoms with E-state index in [4.69, 9.17) is 0 Å². The summed E-state index contributed by atoms with van der Waals surface area (Å²) in [6, 6.07) is 15.9. The van der Waals surface area contributed by atoms with E-state index < -0.39 is 10.0 Å². The van der Waals surface area contributed by atoms with Crippen LogP contribution in [0.2, 0.25) is 0 Å². The molecule has 1 atom stereocenters. The van der Waals surface area contributed by atoms with Gasteiger partial charge in [0, 0.05) is 37.7 Å². The summed E-state index contributed by atoms with van der Waals surface area (Å²) in [5.41, 5.74) is 2.04. The van der Waals surface area contributed by atoms with Gasteiger partial charge in [-0.1, -0.05) is 18.2 Å². The van der Waals surface area contributed by atoms with Crippen molar-refractivity contribution in [3.05, 3.63) is 89.7 Å². The van der Waals surface area contributed by atoms with Crippen LogP contribution >= 0.6 is 0 Å². The molecule has 8 nitrogen and oxygen atoms in total. The molecule has 9 heteroatoms. The van der Waals surface area contributed by atoms with Gasteiger partial charge in [-0.3, -0.25) is 14.6 Å². The van der Waals surface area contributed by atoms with E-state index in [1.54, 1.807) is 61.7 Å². The highest BCUT2D eigenvalue weighted by molar-refractivity contribution is 7.89. The number of amides is 2. The smallest absolute Gasteiger partial charge is 0.257 e. The minimum Gasteiger partial charge on any atom is -0.346 e. The van der Waals surface area contributed by atoms with Gasteiger partial charge in [0.2, 0.25) is 10.0 Å². The van der Waals surface area contributed by atoms with E-state index in [1.807, 2.05) is 0 Å². The topological polar surface area (TPSA) is 108 Å². The predicted octanol–water partition coefficient (Wildman–Crippen LogP) is 3.08. The molecule has 0 fully saturated rings. The molecule has 0 bridgehead atoms. The van der Waals surface area contributed by atoms with Gasteiger partial charge in [-0.15, -0.1) is 0 Å². The number of carbonyl (C=O) groups excluding carboxylic acids is 2. The first-order valence-electron chi connectivity index (χ1n) is 9.83. The van der Waals surface area contributed by atoms with E-state index in [0.29, 0.717) is 16.8 Å². The zero-order valence-corrected chi connectivity index (χ0v) is 18.8. The largest absolute Gasteiger partial charge is 0.346 e. The van der Waals surface area contributed by atoms with E-state index in [0.717, 1.165) is 9.87 Å². The maximum absolute atomic E-state index is 12.7. The molecule has 0 saturated carbocycles. The van der Waals surface area contributed by atoms with Crippen LogP contribution in [-0.2, 0) is 10.0 Å². The van der Waals surface area contributed by atoms with Crippen molar-refractivity contribution in [1.82, 2.24) is 14.6 Å². The minimum absolute atomic E-state index is 0.182. The summed E-state index contributed by atoms with van der Waals surface area (Å²) in [6.07, 6.45) is 3.04. The van der Waals surface area contributed by atoms with Crippen LogP contribution < -0.4 is 10.6 Å². The molecule has 0 saturated heterocycles. The van der Waals surface area contributed by atoms with E-state index in [2.05, 4.69) is 15.6 Å². The molecule has 1 unspecified atom stereocenters. The van der Waals surface area contributed by atoms with Crippen molar-refractivity contribution in [2.75, 3.05) is 19.4 Å². The highest BCUT2D eigenvalue weighted by atomic mass is 32.2. The van der Waals surface area contributed by atoms with Gasteiger partial charge in [0.25, 0.3) is 11.8 Å². The van der Waals surface area contributed by atoms with Gasteiger partial charge in [0.15, 0.2) is 0 Å². The number of nitrogens with one attached hydrogen (secondary N) is 2. The van der Waals surface area contributed by atoms with Gasteiger partial charge in [-0.25, -0.2) is 12.7 Å². The fraction of sp³-hybridized carbons (Fsp3) is 0.174. The number of hydrogen-bond acceptors (Lipinski definition) is 5. The average Bonchev–Trinajstić information content (AvgIpc) is 2.79. The number of benzene rings is 2. The molecule has 0 aliphatic carbocycles. The number of pyridine rings is 1. The fourth-order valence-corrected chi connectivity index (χ4v) is 3.84. The first-order chi connectivity index (χ1) is 15.2. The van der Waals surface area contributed by atoms with Crippen molar-refractivity contribution in [2.45, 2.75) is 17.9 Å². The van der Waals surface area contributed by atoms with Crippen LogP contribution in [0.1, 0.15) is 39.2 Å². The molecular formula is C23H24N4O4S. The Kier molecular flexibility index (Phi) is 7.01. The lowest BCUT2D eigenvalue weighted by Crippen LogP contribution is -2.27. The molecule has 0 spiro atoms. The van der Waals surface area contributed by atoms with E-state index in [1.165, 1.54) is 32.4 Å². The number of carbonyl (C=O) groups is 2. The molecule has 0 aliphatic rings. The van der Waals surface area contributed by atoms with Gasteiger partial charge in [0.1, 0.15) is 0 Å². The maximum Gasteiger partial charge on any atom is 0.257 e. The van der Waals surface area contributed by atoms with Gasteiger partial charge >= 0.3 is 0 Å². The zero-order chi connectivity index (χ0) is 23.3. The Bertz CT molecular complexity index is 1210. The summed E-state index contributed by atoms with van der Waals surface area (Å²) < 4.78 is 25.5. The van der Waals surface area contributed by atoms with Crippen LogP contribution in [0.25, 0.3) is 0 Å². The second-order valence-corrected chi connectivity index (χ2v) is 9.48. The Labute approximate surface area is 187 Å². The lowest BCUT2D eigenvalue weighted by Gasteiger charge is -2.16. The highest BCUT2D eigenvalue weighted by Crippen LogP contribution is 2.19.